The number of hydrogen-bond acceptors (Lipinski definition) is 1. The van der Waals surface area contributed by atoms with E-state index in [1.165, 1.54) is 0 Å². The molecular weight excluding hydrogens is 532 g/mol. The van der Waals surface area contributed by atoms with Crippen LogP contribution in [0.3, 0.4) is 0 Å². The molecule has 0 radical (unpaired) electrons. The molecule has 0 aromatic carbocycles. The van der Waals surface area contributed by atoms with Crippen LogP contribution in [0.15, 0.2) is 0 Å². The Kier molecular flexibility index (Phi) is 6.95. The monoisotopic (exact) mass is 532 g/mol. The van der Waals surface area contributed by atoms with Crippen LogP contribution in [0.5, 0.6) is 0 Å². The fraction of sp³-hybridized carbons (Fsp3) is 0.889. The lowest BCUT2D eigenvalue weighted by Crippen LogP contribution is -2.74. The number of rotatable bonds is 4. The maximum Gasteiger partial charge on any atom is 0.475 e. The summed E-state index contributed by atoms with van der Waals surface area (Å²) in [7, 11) is 0. The first-order valence-corrected chi connectivity index (χ1v) is 6.33. The Morgan fingerprint density at radius 3 is 0.562 bits per heavy atom. The number of carbonyl (C=O) groups excluding carboxylic acids is 1. The van der Waals surface area contributed by atoms with E-state index in [1.807, 2.05) is 0 Å². The van der Waals surface area contributed by atoms with Gasteiger partial charge in [0.25, 0.3) is 0 Å². The number of urea groups is 1. The Morgan fingerprint density at radius 2 is 0.469 bits per heavy atom. The van der Waals surface area contributed by atoms with Crippen molar-refractivity contribution < 1.29 is 92.6 Å². The summed E-state index contributed by atoms with van der Waals surface area (Å²) in [5, 5.41) is 0. The highest BCUT2D eigenvalue weighted by Gasteiger charge is 2.82. The van der Waals surface area contributed by atoms with Crippen molar-refractivity contribution in [1.29, 1.82) is 0 Å². The van der Waals surface area contributed by atoms with Crippen molar-refractivity contribution in [3.05, 3.63) is 0 Å². The van der Waals surface area contributed by atoms with Crippen molar-refractivity contribution in [3.8, 4) is 0 Å². The third-order valence-electron chi connectivity index (χ3n) is 2.87. The summed E-state index contributed by atoms with van der Waals surface area (Å²) in [5.41, 5.74) is 0. The first-order chi connectivity index (χ1) is 13.4. The van der Waals surface area contributed by atoms with Gasteiger partial charge in [0, 0.05) is 0 Å². The molecule has 23 heteroatoms. The first kappa shape index (κ1) is 29.9. The van der Waals surface area contributed by atoms with Crippen molar-refractivity contribution in [1.82, 2.24) is 9.80 Å². The van der Waals surface area contributed by atoms with E-state index in [9.17, 15) is 92.6 Å². The fourth-order valence-electron chi connectivity index (χ4n) is 1.44. The molecule has 192 valence electrons. The number of hydrogen-bond donors (Lipinski definition) is 0. The molecule has 0 unspecified atom stereocenters. The predicted molar refractivity (Wildman–Crippen MR) is 53.1 cm³/mol. The average molecular weight is 532 g/mol. The smallest absolute Gasteiger partial charge is 0.248 e. The molecule has 0 spiro atoms. The molecule has 0 aromatic rings. The van der Waals surface area contributed by atoms with E-state index in [0.29, 0.717) is 0 Å². The summed E-state index contributed by atoms with van der Waals surface area (Å²) >= 11 is 0. The van der Waals surface area contributed by atoms with Gasteiger partial charge in [0.15, 0.2) is 0 Å². The second-order valence-corrected chi connectivity index (χ2v) is 5.11. The van der Waals surface area contributed by atoms with Gasteiger partial charge in [-0.1, -0.05) is 0 Å². The molecule has 0 saturated heterocycles. The molecule has 2 amide bonds. The lowest BCUT2D eigenvalue weighted by Gasteiger charge is -2.44. The van der Waals surface area contributed by atoms with Gasteiger partial charge < -0.3 is 0 Å². The Balaban J connectivity index is 7.48. The van der Waals surface area contributed by atoms with Crippen LogP contribution in [0, 0.1) is 0 Å². The Hall–Kier alpha value is -2.13. The second kappa shape index (κ2) is 7.45. The molecule has 0 heterocycles. The van der Waals surface area contributed by atoms with Crippen LogP contribution >= 0.6 is 0 Å². The third-order valence-corrected chi connectivity index (χ3v) is 2.87. The minimum absolute atomic E-state index is 4.65. The van der Waals surface area contributed by atoms with Crippen molar-refractivity contribution in [2.75, 3.05) is 0 Å². The SMILES string of the molecule is O=C(N(C(F)(F)C(F)(F)F)C(F)(F)C(F)(F)F)N(C(F)(F)C(F)(F)F)C(F)(F)C(F)(F)F. The molecule has 0 aliphatic carbocycles. The summed E-state index contributed by atoms with van der Waals surface area (Å²) in [5.74, 6) is 0. The van der Waals surface area contributed by atoms with E-state index in [0.717, 1.165) is 0 Å². The summed E-state index contributed by atoms with van der Waals surface area (Å²) in [6.45, 7) is 0. The van der Waals surface area contributed by atoms with Gasteiger partial charge in [-0.3, -0.25) is 0 Å². The van der Waals surface area contributed by atoms with E-state index in [1.54, 1.807) is 0 Å². The van der Waals surface area contributed by atoms with E-state index in [2.05, 4.69) is 0 Å². The van der Waals surface area contributed by atoms with Crippen LogP contribution in [-0.2, 0) is 0 Å². The van der Waals surface area contributed by atoms with Crippen LogP contribution in [0.2, 0.25) is 0 Å². The highest BCUT2D eigenvalue weighted by molar-refractivity contribution is 5.77. The Labute approximate surface area is 159 Å². The van der Waals surface area contributed by atoms with Crippen molar-refractivity contribution in [2.24, 2.45) is 0 Å². The van der Waals surface area contributed by atoms with Gasteiger partial charge in [-0.05, 0) is 0 Å². The van der Waals surface area contributed by atoms with E-state index < -0.39 is 64.7 Å². The topological polar surface area (TPSA) is 23.6 Å². The zero-order chi connectivity index (χ0) is 26.7. The minimum atomic E-state index is -8.25. The Bertz CT molecular complexity index is 584. The number of alkyl halides is 20. The van der Waals surface area contributed by atoms with Crippen molar-refractivity contribution >= 4 is 6.03 Å². The quantitative estimate of drug-likeness (QED) is 0.307. The van der Waals surface area contributed by atoms with Crippen molar-refractivity contribution in [2.45, 2.75) is 48.9 Å². The van der Waals surface area contributed by atoms with Gasteiger partial charge in [-0.15, -0.1) is 0 Å². The van der Waals surface area contributed by atoms with E-state index in [4.69, 9.17) is 0 Å². The number of carbonyl (C=O) groups is 1. The molecule has 0 atom stereocenters. The summed E-state index contributed by atoms with van der Waals surface area (Å²) in [6.07, 6.45) is -31.9. The highest BCUT2D eigenvalue weighted by Crippen LogP contribution is 2.53. The summed E-state index contributed by atoms with van der Waals surface area (Å²) < 4.78 is 251. The molecule has 0 aliphatic rings. The van der Waals surface area contributed by atoms with Crippen molar-refractivity contribution in [3.63, 3.8) is 0 Å². The van der Waals surface area contributed by atoms with Gasteiger partial charge in [-0.2, -0.15) is 97.6 Å². The van der Waals surface area contributed by atoms with E-state index >= 15 is 0 Å². The van der Waals surface area contributed by atoms with Crippen LogP contribution < -0.4 is 0 Å². The van der Waals surface area contributed by atoms with Crippen LogP contribution in [0.4, 0.5) is 92.6 Å². The normalized spacial score (nSPS) is 15.6. The molecule has 0 N–H and O–H groups in total. The molecule has 0 rings (SSSR count). The number of amides is 2. The lowest BCUT2D eigenvalue weighted by atomic mass is 10.3. The molecule has 0 fully saturated rings. The molecule has 0 bridgehead atoms. The van der Waals surface area contributed by atoms with Crippen LogP contribution in [0.25, 0.3) is 0 Å². The molecule has 0 saturated carbocycles. The predicted octanol–water partition coefficient (Wildman–Crippen LogP) is 6.33. The molecule has 3 nitrogen and oxygen atoms in total. The summed E-state index contributed by atoms with van der Waals surface area (Å²) in [6, 6.07) is -38.7. The standard InChI is InChI=1S/C9F20N2O/c10-2(11,12)6(22,23)30(7(24,25)3(13,14)15)1(32)31(8(26,27)4(16,17)18)9(28,29)5(19,20)21. The van der Waals surface area contributed by atoms with Crippen LogP contribution in [-0.4, -0.2) is 64.7 Å². The van der Waals surface area contributed by atoms with Gasteiger partial charge in [0.1, 0.15) is 0 Å². The first-order valence-electron chi connectivity index (χ1n) is 6.33. The fourth-order valence-corrected chi connectivity index (χ4v) is 1.44. The van der Waals surface area contributed by atoms with Gasteiger partial charge in [-0.25, -0.2) is 4.79 Å². The maximum absolute atomic E-state index is 13.1. The lowest BCUT2D eigenvalue weighted by molar-refractivity contribution is -0.440. The van der Waals surface area contributed by atoms with Crippen LogP contribution in [0.1, 0.15) is 0 Å². The largest absolute Gasteiger partial charge is 0.475 e. The Morgan fingerprint density at radius 1 is 0.344 bits per heavy atom. The average Bonchev–Trinajstić information content (AvgIpc) is 2.40. The zero-order valence-corrected chi connectivity index (χ0v) is 13.4. The number of halogens is 20. The second-order valence-electron chi connectivity index (χ2n) is 5.11. The third kappa shape index (κ3) is 4.64. The highest BCUT2D eigenvalue weighted by atomic mass is 19.4. The zero-order valence-electron chi connectivity index (χ0n) is 13.4. The molecular formula is C9F20N2O. The molecule has 32 heavy (non-hydrogen) atoms. The van der Waals surface area contributed by atoms with Gasteiger partial charge in [0.2, 0.25) is 0 Å². The maximum atomic E-state index is 13.1. The molecule has 0 aromatic heterocycles. The van der Waals surface area contributed by atoms with Gasteiger partial charge in [0.05, 0.1) is 0 Å². The number of nitrogens with zero attached hydrogens (tertiary/aromatic N) is 2. The minimum Gasteiger partial charge on any atom is -0.248 e. The summed E-state index contributed by atoms with van der Waals surface area (Å²) in [4.78, 5) is 1.84. The van der Waals surface area contributed by atoms with Gasteiger partial charge >= 0.3 is 54.9 Å². The molecule has 0 aliphatic heterocycles. The van der Waals surface area contributed by atoms with E-state index in [-0.39, 0.29) is 0 Å².